The Balaban J connectivity index is 1.58. The molecule has 2 amide bonds. The molecule has 2 rings (SSSR count). The number of unbranched alkanes of at least 4 members (excludes halogenated alkanes) is 1. The second-order valence-corrected chi connectivity index (χ2v) is 5.94. The Kier molecular flexibility index (Phi) is 6.81. The van der Waals surface area contributed by atoms with Gasteiger partial charge in [-0.2, -0.15) is 0 Å². The number of carbonyl (C=O) groups is 1. The molecule has 0 aliphatic rings. The number of carbonyl (C=O) groups excluding carboxylic acids is 1. The third-order valence-electron chi connectivity index (χ3n) is 3.95. The molecule has 0 bridgehead atoms. The minimum absolute atomic E-state index is 0.198. The summed E-state index contributed by atoms with van der Waals surface area (Å²) in [7, 11) is 0. The molecular formula is C18H26N4O2. The number of benzene rings is 1. The summed E-state index contributed by atoms with van der Waals surface area (Å²) in [5.41, 5.74) is 1.94. The average molecular weight is 330 g/mol. The smallest absolute Gasteiger partial charge is 0.314 e. The lowest BCUT2D eigenvalue weighted by atomic mass is 10.1. The van der Waals surface area contributed by atoms with Crippen LogP contribution in [0.3, 0.4) is 0 Å². The molecule has 0 saturated heterocycles. The molecular weight excluding hydrogens is 304 g/mol. The minimum atomic E-state index is -0.694. The van der Waals surface area contributed by atoms with Crippen LogP contribution in [-0.2, 0) is 6.54 Å². The number of nitrogens with zero attached hydrogens (tertiary/aromatic N) is 2. The maximum atomic E-state index is 11.7. The molecule has 0 radical (unpaired) electrons. The number of imidazole rings is 1. The van der Waals surface area contributed by atoms with Gasteiger partial charge in [0.05, 0.1) is 6.10 Å². The molecule has 1 heterocycles. The first-order valence-corrected chi connectivity index (χ1v) is 8.30. The van der Waals surface area contributed by atoms with Crippen LogP contribution < -0.4 is 10.6 Å². The second-order valence-electron chi connectivity index (χ2n) is 5.94. The normalized spacial score (nSPS) is 12.0. The van der Waals surface area contributed by atoms with Crippen LogP contribution in [0.1, 0.15) is 35.9 Å². The molecule has 130 valence electrons. The zero-order valence-electron chi connectivity index (χ0n) is 14.3. The lowest BCUT2D eigenvalue weighted by molar-refractivity contribution is 0.173. The summed E-state index contributed by atoms with van der Waals surface area (Å²) >= 11 is 0. The number of hydrogen-bond acceptors (Lipinski definition) is 3. The summed E-state index contributed by atoms with van der Waals surface area (Å²) < 4.78 is 2.10. The van der Waals surface area contributed by atoms with Crippen LogP contribution in [0.5, 0.6) is 0 Å². The molecule has 1 atom stereocenters. The van der Waals surface area contributed by atoms with Crippen LogP contribution in [0.25, 0.3) is 0 Å². The van der Waals surface area contributed by atoms with E-state index < -0.39 is 6.10 Å². The van der Waals surface area contributed by atoms with E-state index in [1.807, 2.05) is 44.3 Å². The predicted octanol–water partition coefficient (Wildman–Crippen LogP) is 2.31. The number of nitrogens with one attached hydrogen (secondary N) is 2. The number of aromatic nitrogens is 2. The van der Waals surface area contributed by atoms with Crippen LogP contribution in [0.15, 0.2) is 36.7 Å². The molecule has 6 heteroatoms. The molecule has 0 aliphatic heterocycles. The van der Waals surface area contributed by atoms with Crippen LogP contribution in [-0.4, -0.2) is 33.8 Å². The summed E-state index contributed by atoms with van der Waals surface area (Å²) in [5.74, 6) is 1.01. The molecule has 24 heavy (non-hydrogen) atoms. The minimum Gasteiger partial charge on any atom is -0.387 e. The van der Waals surface area contributed by atoms with E-state index in [-0.39, 0.29) is 12.6 Å². The molecule has 0 saturated carbocycles. The molecule has 1 unspecified atom stereocenters. The Hall–Kier alpha value is -2.34. The van der Waals surface area contributed by atoms with Gasteiger partial charge in [-0.25, -0.2) is 9.78 Å². The summed E-state index contributed by atoms with van der Waals surface area (Å²) in [6.07, 6.45) is 4.93. The number of rotatable bonds is 8. The van der Waals surface area contributed by atoms with Gasteiger partial charge in [0.15, 0.2) is 0 Å². The summed E-state index contributed by atoms with van der Waals surface area (Å²) in [5, 5.41) is 15.6. The van der Waals surface area contributed by atoms with Crippen molar-refractivity contribution >= 4 is 6.03 Å². The van der Waals surface area contributed by atoms with Crippen molar-refractivity contribution in [2.45, 2.75) is 39.3 Å². The van der Waals surface area contributed by atoms with Gasteiger partial charge < -0.3 is 20.3 Å². The van der Waals surface area contributed by atoms with E-state index >= 15 is 0 Å². The number of amides is 2. The zero-order valence-corrected chi connectivity index (χ0v) is 14.3. The van der Waals surface area contributed by atoms with Crippen molar-refractivity contribution in [1.82, 2.24) is 20.2 Å². The highest BCUT2D eigenvalue weighted by molar-refractivity contribution is 5.73. The highest BCUT2D eigenvalue weighted by Crippen LogP contribution is 2.12. The number of aliphatic hydroxyl groups excluding tert-OH is 1. The second kappa shape index (κ2) is 9.08. The monoisotopic (exact) mass is 330 g/mol. The molecule has 3 N–H and O–H groups in total. The van der Waals surface area contributed by atoms with Gasteiger partial charge in [0, 0.05) is 32.0 Å². The van der Waals surface area contributed by atoms with Crippen molar-refractivity contribution in [2.75, 3.05) is 13.1 Å². The Morgan fingerprint density at radius 1 is 1.21 bits per heavy atom. The first kappa shape index (κ1) is 18.0. The van der Waals surface area contributed by atoms with E-state index in [0.29, 0.717) is 6.54 Å². The quantitative estimate of drug-likeness (QED) is 0.650. The fraction of sp³-hybridized carbons (Fsp3) is 0.444. The summed E-state index contributed by atoms with van der Waals surface area (Å²) in [6, 6.07) is 7.39. The highest BCUT2D eigenvalue weighted by atomic mass is 16.3. The lowest BCUT2D eigenvalue weighted by Crippen LogP contribution is -2.38. The fourth-order valence-corrected chi connectivity index (χ4v) is 2.41. The van der Waals surface area contributed by atoms with Crippen LogP contribution >= 0.6 is 0 Å². The number of aryl methyl sites for hydroxylation is 3. The third kappa shape index (κ3) is 5.70. The van der Waals surface area contributed by atoms with Crippen LogP contribution in [0, 0.1) is 13.8 Å². The van der Waals surface area contributed by atoms with Gasteiger partial charge in [0.2, 0.25) is 0 Å². The lowest BCUT2D eigenvalue weighted by Gasteiger charge is -2.13. The van der Waals surface area contributed by atoms with E-state index in [4.69, 9.17) is 0 Å². The Morgan fingerprint density at radius 3 is 2.62 bits per heavy atom. The highest BCUT2D eigenvalue weighted by Gasteiger charge is 2.08. The zero-order chi connectivity index (χ0) is 17.4. The van der Waals surface area contributed by atoms with Crippen molar-refractivity contribution in [2.24, 2.45) is 0 Å². The van der Waals surface area contributed by atoms with Gasteiger partial charge in [0.1, 0.15) is 5.82 Å². The van der Waals surface area contributed by atoms with Gasteiger partial charge in [-0.05, 0) is 32.3 Å². The molecule has 0 aliphatic carbocycles. The number of aliphatic hydroxyl groups is 1. The first-order valence-electron chi connectivity index (χ1n) is 8.30. The molecule has 1 aromatic heterocycles. The largest absolute Gasteiger partial charge is 0.387 e. The van der Waals surface area contributed by atoms with E-state index in [1.165, 1.54) is 0 Å². The van der Waals surface area contributed by atoms with Crippen molar-refractivity contribution in [3.05, 3.63) is 53.6 Å². The van der Waals surface area contributed by atoms with Gasteiger partial charge in [-0.3, -0.25) is 0 Å². The Labute approximate surface area is 142 Å². The Morgan fingerprint density at radius 2 is 1.96 bits per heavy atom. The first-order chi connectivity index (χ1) is 11.6. The summed E-state index contributed by atoms with van der Waals surface area (Å²) in [6.45, 7) is 5.69. The standard InChI is InChI=1S/C18H26N4O2/c1-14-5-7-16(8-6-14)17(23)13-21-18(24)20-9-3-4-11-22-12-10-19-15(22)2/h5-8,10,12,17,23H,3-4,9,11,13H2,1-2H3,(H2,20,21,24). The summed E-state index contributed by atoms with van der Waals surface area (Å²) in [4.78, 5) is 15.9. The van der Waals surface area contributed by atoms with Gasteiger partial charge in [-0.1, -0.05) is 29.8 Å². The van der Waals surface area contributed by atoms with Gasteiger partial charge >= 0.3 is 6.03 Å². The maximum absolute atomic E-state index is 11.7. The third-order valence-corrected chi connectivity index (χ3v) is 3.95. The topological polar surface area (TPSA) is 79.2 Å². The molecule has 6 nitrogen and oxygen atoms in total. The molecule has 0 fully saturated rings. The van der Waals surface area contributed by atoms with Gasteiger partial charge in [0.25, 0.3) is 0 Å². The van der Waals surface area contributed by atoms with Crippen molar-refractivity contribution in [3.8, 4) is 0 Å². The van der Waals surface area contributed by atoms with E-state index in [2.05, 4.69) is 20.2 Å². The van der Waals surface area contributed by atoms with Crippen LogP contribution in [0.2, 0.25) is 0 Å². The average Bonchev–Trinajstić information content (AvgIpc) is 2.98. The number of hydrogen-bond donors (Lipinski definition) is 3. The maximum Gasteiger partial charge on any atom is 0.314 e. The van der Waals surface area contributed by atoms with E-state index in [0.717, 1.165) is 36.3 Å². The predicted molar refractivity (Wildman–Crippen MR) is 93.7 cm³/mol. The number of urea groups is 1. The fourth-order valence-electron chi connectivity index (χ4n) is 2.41. The SMILES string of the molecule is Cc1ccc(C(O)CNC(=O)NCCCCn2ccnc2C)cc1. The molecule has 1 aromatic carbocycles. The molecule has 0 spiro atoms. The Bertz CT molecular complexity index is 637. The van der Waals surface area contributed by atoms with Crippen LogP contribution in [0.4, 0.5) is 4.79 Å². The molecule has 2 aromatic rings. The van der Waals surface area contributed by atoms with E-state index in [9.17, 15) is 9.90 Å². The van der Waals surface area contributed by atoms with E-state index in [1.54, 1.807) is 6.20 Å². The van der Waals surface area contributed by atoms with Crippen molar-refractivity contribution in [1.29, 1.82) is 0 Å². The van der Waals surface area contributed by atoms with Crippen molar-refractivity contribution in [3.63, 3.8) is 0 Å². The van der Waals surface area contributed by atoms with Gasteiger partial charge in [-0.15, -0.1) is 0 Å². The van der Waals surface area contributed by atoms with Crippen molar-refractivity contribution < 1.29 is 9.90 Å².